The average Bonchev–Trinajstić information content (AvgIpc) is 2.18. The summed E-state index contributed by atoms with van der Waals surface area (Å²) in [6.45, 7) is 6.70. The van der Waals surface area contributed by atoms with E-state index in [1.165, 1.54) is 19.3 Å². The van der Waals surface area contributed by atoms with Crippen LogP contribution in [0.1, 0.15) is 19.3 Å². The molecule has 1 heterocycles. The molecule has 1 amide bonds. The van der Waals surface area contributed by atoms with Gasteiger partial charge in [-0.1, -0.05) is 13.0 Å². The fraction of sp³-hybridized carbons (Fsp3) is 0.700. The van der Waals surface area contributed by atoms with Gasteiger partial charge in [-0.25, -0.2) is 0 Å². The highest BCUT2D eigenvalue weighted by Gasteiger charge is 2.13. The highest BCUT2D eigenvalue weighted by Crippen LogP contribution is 2.09. The van der Waals surface area contributed by atoms with E-state index < -0.39 is 0 Å². The first-order valence-corrected chi connectivity index (χ1v) is 4.86. The van der Waals surface area contributed by atoms with Crippen LogP contribution in [0.4, 0.5) is 0 Å². The zero-order chi connectivity index (χ0) is 9.68. The number of amides is 1. The highest BCUT2D eigenvalue weighted by atomic mass is 16.1. The van der Waals surface area contributed by atoms with Gasteiger partial charge in [0.15, 0.2) is 0 Å². The van der Waals surface area contributed by atoms with Crippen molar-refractivity contribution in [3.8, 4) is 0 Å². The van der Waals surface area contributed by atoms with Gasteiger partial charge in [0, 0.05) is 19.2 Å². The lowest BCUT2D eigenvalue weighted by molar-refractivity contribution is -0.117. The van der Waals surface area contributed by atoms with E-state index in [0.29, 0.717) is 5.57 Å². The minimum Gasteiger partial charge on any atom is -0.355 e. The lowest BCUT2D eigenvalue weighted by Gasteiger charge is -2.26. The fourth-order valence-corrected chi connectivity index (χ4v) is 1.64. The minimum atomic E-state index is -0.0365. The van der Waals surface area contributed by atoms with E-state index in [1.807, 2.05) is 0 Å². The summed E-state index contributed by atoms with van der Waals surface area (Å²) < 4.78 is 0. The van der Waals surface area contributed by atoms with Crippen molar-refractivity contribution in [3.05, 3.63) is 12.2 Å². The Kier molecular flexibility index (Phi) is 3.96. The summed E-state index contributed by atoms with van der Waals surface area (Å²) in [5.41, 5.74) is 0.671. The van der Waals surface area contributed by atoms with Gasteiger partial charge in [0.2, 0.25) is 5.91 Å². The Hall–Kier alpha value is -0.830. The maximum Gasteiger partial charge on any atom is 0.247 e. The molecule has 0 bridgehead atoms. The zero-order valence-electron chi connectivity index (χ0n) is 8.31. The lowest BCUT2D eigenvalue weighted by atomic mass is 10.1. The molecule has 1 saturated heterocycles. The van der Waals surface area contributed by atoms with E-state index in [2.05, 4.69) is 16.8 Å². The van der Waals surface area contributed by atoms with Crippen molar-refractivity contribution in [2.24, 2.45) is 0 Å². The van der Waals surface area contributed by atoms with Crippen LogP contribution in [0, 0.1) is 0 Å². The number of likely N-dealkylation sites (N-methyl/N-ethyl adjacent to an activating group) is 1. The Morgan fingerprint density at radius 1 is 1.38 bits per heavy atom. The van der Waals surface area contributed by atoms with Crippen LogP contribution in [-0.2, 0) is 4.79 Å². The molecular weight excluding hydrogens is 164 g/mol. The zero-order valence-corrected chi connectivity index (χ0v) is 8.31. The third-order valence-corrected chi connectivity index (χ3v) is 2.41. The van der Waals surface area contributed by atoms with Crippen molar-refractivity contribution < 1.29 is 4.79 Å². The molecule has 0 saturated carbocycles. The van der Waals surface area contributed by atoms with Gasteiger partial charge in [0.05, 0.1) is 0 Å². The number of piperidine rings is 1. The van der Waals surface area contributed by atoms with Crippen LogP contribution in [0.2, 0.25) is 0 Å². The number of hydrogen-bond acceptors (Lipinski definition) is 2. The van der Waals surface area contributed by atoms with E-state index >= 15 is 0 Å². The Labute approximate surface area is 79.8 Å². The molecule has 1 fully saturated rings. The molecule has 13 heavy (non-hydrogen) atoms. The fourth-order valence-electron chi connectivity index (χ4n) is 1.64. The van der Waals surface area contributed by atoms with Crippen LogP contribution in [0.25, 0.3) is 0 Å². The van der Waals surface area contributed by atoms with Crippen LogP contribution in [0.3, 0.4) is 0 Å². The molecule has 0 spiro atoms. The standard InChI is InChI=1S/C10H18N2O/c1-9(10(13)11-2)8-12-6-4-3-5-7-12/h1,3-8H2,2H3,(H,11,13). The van der Waals surface area contributed by atoms with Gasteiger partial charge in [-0.15, -0.1) is 0 Å². The van der Waals surface area contributed by atoms with Crippen LogP contribution < -0.4 is 5.32 Å². The Bertz CT molecular complexity index is 195. The predicted molar refractivity (Wildman–Crippen MR) is 53.5 cm³/mol. The van der Waals surface area contributed by atoms with E-state index in [9.17, 15) is 4.79 Å². The molecule has 1 aliphatic heterocycles. The monoisotopic (exact) mass is 182 g/mol. The molecule has 0 aromatic rings. The second-order valence-electron chi connectivity index (χ2n) is 3.52. The molecule has 0 aliphatic carbocycles. The van der Waals surface area contributed by atoms with Gasteiger partial charge in [-0.3, -0.25) is 9.69 Å². The summed E-state index contributed by atoms with van der Waals surface area (Å²) in [5, 5.41) is 2.59. The van der Waals surface area contributed by atoms with E-state index in [-0.39, 0.29) is 5.91 Å². The third-order valence-electron chi connectivity index (χ3n) is 2.41. The first-order valence-electron chi connectivity index (χ1n) is 4.86. The van der Waals surface area contributed by atoms with Gasteiger partial charge in [0.25, 0.3) is 0 Å². The van der Waals surface area contributed by atoms with Gasteiger partial charge in [-0.2, -0.15) is 0 Å². The van der Waals surface area contributed by atoms with Crippen LogP contribution in [0.5, 0.6) is 0 Å². The van der Waals surface area contributed by atoms with E-state index in [4.69, 9.17) is 0 Å². The molecule has 1 rings (SSSR count). The van der Waals surface area contributed by atoms with Crippen LogP contribution >= 0.6 is 0 Å². The van der Waals surface area contributed by atoms with Gasteiger partial charge in [0.1, 0.15) is 0 Å². The number of carbonyl (C=O) groups excluding carboxylic acids is 1. The van der Waals surface area contributed by atoms with Crippen molar-refractivity contribution >= 4 is 5.91 Å². The van der Waals surface area contributed by atoms with E-state index in [0.717, 1.165) is 19.6 Å². The molecule has 74 valence electrons. The number of hydrogen-bond donors (Lipinski definition) is 1. The highest BCUT2D eigenvalue weighted by molar-refractivity contribution is 5.92. The Balaban J connectivity index is 2.30. The molecule has 0 aromatic carbocycles. The van der Waals surface area contributed by atoms with E-state index in [1.54, 1.807) is 7.05 Å². The van der Waals surface area contributed by atoms with Gasteiger partial charge in [-0.05, 0) is 25.9 Å². The summed E-state index contributed by atoms with van der Waals surface area (Å²) in [6, 6.07) is 0. The second kappa shape index (κ2) is 5.02. The SMILES string of the molecule is C=C(CN1CCCCC1)C(=O)NC. The molecule has 0 unspecified atom stereocenters. The first kappa shape index (κ1) is 10.3. The first-order chi connectivity index (χ1) is 6.24. The van der Waals surface area contributed by atoms with Crippen molar-refractivity contribution in [2.75, 3.05) is 26.7 Å². The van der Waals surface area contributed by atoms with Gasteiger partial charge >= 0.3 is 0 Å². The number of rotatable bonds is 3. The van der Waals surface area contributed by atoms with Crippen LogP contribution in [0.15, 0.2) is 12.2 Å². The smallest absolute Gasteiger partial charge is 0.247 e. The maximum atomic E-state index is 11.1. The molecular formula is C10H18N2O. The predicted octanol–water partition coefficient (Wildman–Crippen LogP) is 0.774. The topological polar surface area (TPSA) is 32.3 Å². The largest absolute Gasteiger partial charge is 0.355 e. The molecule has 3 heteroatoms. The Morgan fingerprint density at radius 3 is 2.54 bits per heavy atom. The van der Waals surface area contributed by atoms with Crippen molar-refractivity contribution in [3.63, 3.8) is 0 Å². The summed E-state index contributed by atoms with van der Waals surface area (Å²) in [6.07, 6.45) is 3.82. The molecule has 1 aliphatic rings. The lowest BCUT2D eigenvalue weighted by Crippen LogP contribution is -2.34. The van der Waals surface area contributed by atoms with Crippen molar-refractivity contribution in [2.45, 2.75) is 19.3 Å². The molecule has 1 N–H and O–H groups in total. The quantitative estimate of drug-likeness (QED) is 0.654. The van der Waals surface area contributed by atoms with Gasteiger partial charge < -0.3 is 5.32 Å². The third kappa shape index (κ3) is 3.19. The normalized spacial score (nSPS) is 18.2. The molecule has 0 atom stereocenters. The maximum absolute atomic E-state index is 11.1. The summed E-state index contributed by atoms with van der Waals surface area (Å²) in [5.74, 6) is -0.0365. The number of nitrogens with one attached hydrogen (secondary N) is 1. The number of nitrogens with zero attached hydrogens (tertiary/aromatic N) is 1. The van der Waals surface area contributed by atoms with Crippen molar-refractivity contribution in [1.29, 1.82) is 0 Å². The summed E-state index contributed by atoms with van der Waals surface area (Å²) >= 11 is 0. The summed E-state index contributed by atoms with van der Waals surface area (Å²) in [7, 11) is 1.64. The number of likely N-dealkylation sites (tertiary alicyclic amines) is 1. The minimum absolute atomic E-state index is 0.0365. The summed E-state index contributed by atoms with van der Waals surface area (Å²) in [4.78, 5) is 13.4. The second-order valence-corrected chi connectivity index (χ2v) is 3.52. The molecule has 3 nitrogen and oxygen atoms in total. The average molecular weight is 182 g/mol. The number of carbonyl (C=O) groups is 1. The Morgan fingerprint density at radius 2 is 2.00 bits per heavy atom. The molecule has 0 aromatic heterocycles. The van der Waals surface area contributed by atoms with Crippen molar-refractivity contribution in [1.82, 2.24) is 10.2 Å². The van der Waals surface area contributed by atoms with Crippen LogP contribution in [-0.4, -0.2) is 37.5 Å². The molecule has 0 radical (unpaired) electrons.